The largest absolute Gasteiger partial charge is 0.480 e. The summed E-state index contributed by atoms with van der Waals surface area (Å²) in [5.41, 5.74) is 0.153. The number of hydrogen-bond donors (Lipinski definition) is 1. The topological polar surface area (TPSA) is 109 Å². The van der Waals surface area contributed by atoms with Crippen molar-refractivity contribution in [2.24, 2.45) is 0 Å². The zero-order chi connectivity index (χ0) is 15.1. The number of carboxylic acid groups (broad SMARTS) is 1. The second kappa shape index (κ2) is 4.71. The molecule has 1 aliphatic rings. The van der Waals surface area contributed by atoms with Crippen LogP contribution in [0, 0.1) is 0 Å². The van der Waals surface area contributed by atoms with E-state index >= 15 is 0 Å². The number of sulfone groups is 1. The monoisotopic (exact) mass is 297 g/mol. The number of ketones is 1. The Bertz CT molecular complexity index is 721. The fourth-order valence-corrected chi connectivity index (χ4v) is 3.37. The van der Waals surface area contributed by atoms with Gasteiger partial charge in [0.1, 0.15) is 12.3 Å². The van der Waals surface area contributed by atoms with E-state index in [1.807, 2.05) is 0 Å². The maximum absolute atomic E-state index is 11.9. The van der Waals surface area contributed by atoms with Crippen molar-refractivity contribution < 1.29 is 27.9 Å². The second-order valence-corrected chi connectivity index (χ2v) is 6.33. The normalized spacial score (nSPS) is 16.6. The summed E-state index contributed by atoms with van der Waals surface area (Å²) < 4.78 is 23.8. The van der Waals surface area contributed by atoms with Gasteiger partial charge in [-0.1, -0.05) is 0 Å². The van der Waals surface area contributed by atoms with Crippen LogP contribution in [0.25, 0.3) is 0 Å². The zero-order valence-corrected chi connectivity index (χ0v) is 11.3. The van der Waals surface area contributed by atoms with E-state index in [-0.39, 0.29) is 21.9 Å². The third kappa shape index (κ3) is 2.42. The fourth-order valence-electron chi connectivity index (χ4n) is 1.97. The second-order valence-electron chi connectivity index (χ2n) is 4.37. The highest BCUT2D eigenvalue weighted by atomic mass is 32.2. The average molecular weight is 297 g/mol. The predicted octanol–water partition coefficient (Wildman–Crippen LogP) is 0.0941. The quantitative estimate of drug-likeness (QED) is 0.792. The van der Waals surface area contributed by atoms with Crippen LogP contribution in [0.3, 0.4) is 0 Å². The molecule has 0 radical (unpaired) electrons. The van der Waals surface area contributed by atoms with Crippen LogP contribution in [0.4, 0.5) is 5.69 Å². The molecule has 0 saturated carbocycles. The molecule has 8 heteroatoms. The van der Waals surface area contributed by atoms with Gasteiger partial charge in [0.05, 0.1) is 10.6 Å². The molecular weight excluding hydrogens is 286 g/mol. The number of carbonyl (C=O) groups excluding carboxylic acids is 2. The number of anilines is 1. The minimum atomic E-state index is -3.80. The van der Waals surface area contributed by atoms with Crippen LogP contribution in [0.1, 0.15) is 17.3 Å². The number of carboxylic acids is 1. The molecule has 2 rings (SSSR count). The first-order valence-corrected chi connectivity index (χ1v) is 7.27. The maximum atomic E-state index is 11.9. The van der Waals surface area contributed by atoms with E-state index in [1.165, 1.54) is 25.1 Å². The van der Waals surface area contributed by atoms with Crippen molar-refractivity contribution in [3.8, 4) is 0 Å². The van der Waals surface area contributed by atoms with Gasteiger partial charge in [0.15, 0.2) is 15.6 Å². The van der Waals surface area contributed by atoms with Crippen molar-refractivity contribution in [2.75, 3.05) is 17.2 Å². The Labute approximate surface area is 114 Å². The van der Waals surface area contributed by atoms with Crippen LogP contribution < -0.4 is 4.90 Å². The Kier molecular flexibility index (Phi) is 3.34. The number of aliphatic carboxylic acids is 1. The Morgan fingerprint density at radius 3 is 2.55 bits per heavy atom. The molecule has 0 spiro atoms. The van der Waals surface area contributed by atoms with Gasteiger partial charge in [0.25, 0.3) is 0 Å². The van der Waals surface area contributed by atoms with Gasteiger partial charge in [0.2, 0.25) is 5.91 Å². The van der Waals surface area contributed by atoms with E-state index in [2.05, 4.69) is 0 Å². The van der Waals surface area contributed by atoms with Crippen molar-refractivity contribution in [1.29, 1.82) is 0 Å². The van der Waals surface area contributed by atoms with Gasteiger partial charge in [-0.3, -0.25) is 19.3 Å². The summed E-state index contributed by atoms with van der Waals surface area (Å²) in [6.07, 6.45) is 0. The molecule has 0 unspecified atom stereocenters. The summed E-state index contributed by atoms with van der Waals surface area (Å²) >= 11 is 0. The van der Waals surface area contributed by atoms with E-state index < -0.39 is 34.0 Å². The number of nitrogens with zero attached hydrogens (tertiary/aromatic N) is 1. The molecule has 1 N–H and O–H groups in total. The van der Waals surface area contributed by atoms with Crippen molar-refractivity contribution in [2.45, 2.75) is 11.8 Å². The van der Waals surface area contributed by atoms with Crippen molar-refractivity contribution in [3.05, 3.63) is 23.8 Å². The molecule has 1 aromatic rings. The van der Waals surface area contributed by atoms with Crippen LogP contribution in [-0.4, -0.2) is 43.5 Å². The van der Waals surface area contributed by atoms with Crippen LogP contribution in [-0.2, 0) is 19.4 Å². The summed E-state index contributed by atoms with van der Waals surface area (Å²) in [4.78, 5) is 34.6. The van der Waals surface area contributed by atoms with Gasteiger partial charge in [-0.15, -0.1) is 0 Å². The molecule has 0 atom stereocenters. The summed E-state index contributed by atoms with van der Waals surface area (Å²) in [7, 11) is -3.80. The third-order valence-electron chi connectivity index (χ3n) is 2.90. The van der Waals surface area contributed by atoms with E-state index in [0.29, 0.717) is 0 Å². The molecule has 20 heavy (non-hydrogen) atoms. The van der Waals surface area contributed by atoms with Gasteiger partial charge < -0.3 is 5.11 Å². The van der Waals surface area contributed by atoms with Gasteiger partial charge in [-0.25, -0.2) is 8.42 Å². The Hall–Kier alpha value is -2.22. The molecule has 0 aromatic heterocycles. The molecule has 7 nitrogen and oxygen atoms in total. The molecule has 1 heterocycles. The summed E-state index contributed by atoms with van der Waals surface area (Å²) in [6.45, 7) is 0.644. The third-order valence-corrected chi connectivity index (χ3v) is 4.54. The number of fused-ring (bicyclic) bond motifs is 1. The Morgan fingerprint density at radius 1 is 1.35 bits per heavy atom. The Balaban J connectivity index is 2.66. The molecule has 106 valence electrons. The SMILES string of the molecule is CC(=O)c1ccc2c(c1)N(CC(=O)O)C(=O)CS2(=O)=O. The van der Waals surface area contributed by atoms with Crippen LogP contribution >= 0.6 is 0 Å². The lowest BCUT2D eigenvalue weighted by molar-refractivity contribution is -0.136. The van der Waals surface area contributed by atoms with E-state index in [1.54, 1.807) is 0 Å². The van der Waals surface area contributed by atoms with Gasteiger partial charge >= 0.3 is 5.97 Å². The predicted molar refractivity (Wildman–Crippen MR) is 68.5 cm³/mol. The number of Topliss-reactive ketones (excluding diaryl/α,β-unsaturated/α-hetero) is 1. The highest BCUT2D eigenvalue weighted by Crippen LogP contribution is 2.32. The summed E-state index contributed by atoms with van der Waals surface area (Å²) in [5, 5.41) is 8.81. The number of benzene rings is 1. The molecule has 1 amide bonds. The number of carbonyl (C=O) groups is 3. The standard InChI is InChI=1S/C12H11NO6S/c1-7(14)8-2-3-10-9(4-8)13(5-12(16)17)11(15)6-20(10,18)19/h2-4H,5-6H2,1H3,(H,16,17). The first-order valence-electron chi connectivity index (χ1n) is 5.62. The van der Waals surface area contributed by atoms with Crippen LogP contribution in [0.2, 0.25) is 0 Å². The summed E-state index contributed by atoms with van der Waals surface area (Å²) in [5.74, 6) is -3.16. The van der Waals surface area contributed by atoms with Gasteiger partial charge in [-0.05, 0) is 25.1 Å². The minimum Gasteiger partial charge on any atom is -0.480 e. The first kappa shape index (κ1) is 14.2. The Morgan fingerprint density at radius 2 is 2.00 bits per heavy atom. The number of hydrogen-bond acceptors (Lipinski definition) is 5. The average Bonchev–Trinajstić information content (AvgIpc) is 2.33. The molecule has 0 fully saturated rings. The fraction of sp³-hybridized carbons (Fsp3) is 0.250. The van der Waals surface area contributed by atoms with E-state index in [4.69, 9.17) is 5.11 Å². The molecule has 0 saturated heterocycles. The smallest absolute Gasteiger partial charge is 0.323 e. The highest BCUT2D eigenvalue weighted by molar-refractivity contribution is 7.92. The maximum Gasteiger partial charge on any atom is 0.323 e. The van der Waals surface area contributed by atoms with Crippen molar-refractivity contribution in [3.63, 3.8) is 0 Å². The lowest BCUT2D eigenvalue weighted by Crippen LogP contribution is -2.43. The van der Waals surface area contributed by atoms with Crippen LogP contribution in [0.15, 0.2) is 23.1 Å². The molecule has 0 aliphatic carbocycles. The number of rotatable bonds is 3. The minimum absolute atomic E-state index is 0.0589. The first-order chi connectivity index (χ1) is 9.22. The van der Waals surface area contributed by atoms with E-state index in [0.717, 1.165) is 4.90 Å². The van der Waals surface area contributed by atoms with Crippen LogP contribution in [0.5, 0.6) is 0 Å². The lowest BCUT2D eigenvalue weighted by Gasteiger charge is -2.28. The lowest BCUT2D eigenvalue weighted by atomic mass is 10.1. The summed E-state index contributed by atoms with van der Waals surface area (Å²) in [6, 6.07) is 3.80. The van der Waals surface area contributed by atoms with Crippen molar-refractivity contribution in [1.82, 2.24) is 0 Å². The van der Waals surface area contributed by atoms with Gasteiger partial charge in [-0.2, -0.15) is 0 Å². The zero-order valence-electron chi connectivity index (χ0n) is 10.5. The molecule has 1 aliphatic heterocycles. The molecule has 1 aromatic carbocycles. The van der Waals surface area contributed by atoms with Crippen molar-refractivity contribution >= 4 is 33.2 Å². The molecule has 0 bridgehead atoms. The van der Waals surface area contributed by atoms with Gasteiger partial charge in [0, 0.05) is 5.56 Å². The number of amides is 1. The highest BCUT2D eigenvalue weighted by Gasteiger charge is 2.35. The van der Waals surface area contributed by atoms with E-state index in [9.17, 15) is 22.8 Å². The molecular formula is C12H11NO6S.